The van der Waals surface area contributed by atoms with Crippen molar-refractivity contribution in [3.63, 3.8) is 0 Å². The van der Waals surface area contributed by atoms with Gasteiger partial charge in [-0.05, 0) is 37.0 Å². The van der Waals surface area contributed by atoms with Gasteiger partial charge in [0, 0.05) is 17.5 Å². The molecule has 1 aliphatic carbocycles. The van der Waals surface area contributed by atoms with E-state index >= 15 is 0 Å². The number of hydrogen-bond donors (Lipinski definition) is 2. The Hall–Kier alpha value is -3.15. The quantitative estimate of drug-likeness (QED) is 0.758. The van der Waals surface area contributed by atoms with Crippen LogP contribution >= 0.6 is 0 Å². The molecule has 4 rings (SSSR count). The Kier molecular flexibility index (Phi) is 4.64. The highest BCUT2D eigenvalue weighted by atomic mass is 16.2. The molecule has 6 nitrogen and oxygen atoms in total. The van der Waals surface area contributed by atoms with Crippen LogP contribution in [0, 0.1) is 0 Å². The highest BCUT2D eigenvalue weighted by Crippen LogP contribution is 2.30. The Morgan fingerprint density at radius 3 is 2.81 bits per heavy atom. The smallest absolute Gasteiger partial charge is 0.320 e. The zero-order valence-corrected chi connectivity index (χ0v) is 14.4. The molecule has 2 aromatic heterocycles. The Morgan fingerprint density at radius 1 is 1.15 bits per heavy atom. The molecular weight excluding hydrogens is 326 g/mol. The number of nitrogens with zero attached hydrogens (tertiary/aromatic N) is 3. The molecule has 0 fully saturated rings. The van der Waals surface area contributed by atoms with Crippen molar-refractivity contribution < 1.29 is 4.79 Å². The van der Waals surface area contributed by atoms with E-state index in [9.17, 15) is 4.79 Å². The number of pyridine rings is 1. The summed E-state index contributed by atoms with van der Waals surface area (Å²) in [6, 6.07) is 15.5. The van der Waals surface area contributed by atoms with Crippen LogP contribution in [0.2, 0.25) is 0 Å². The predicted octanol–water partition coefficient (Wildman–Crippen LogP) is 3.53. The number of amides is 2. The SMILES string of the molecule is O=C(Nc1ccccn1)NC1CCCc2c1cnn2Cc1ccccc1. The van der Waals surface area contributed by atoms with E-state index in [1.807, 2.05) is 36.5 Å². The molecule has 26 heavy (non-hydrogen) atoms. The van der Waals surface area contributed by atoms with Crippen LogP contribution < -0.4 is 10.6 Å². The van der Waals surface area contributed by atoms with E-state index in [0.29, 0.717) is 5.82 Å². The maximum atomic E-state index is 12.3. The molecule has 1 aliphatic rings. The van der Waals surface area contributed by atoms with Crippen molar-refractivity contribution in [3.8, 4) is 0 Å². The third-order valence-corrected chi connectivity index (χ3v) is 4.65. The molecule has 3 aromatic rings. The second kappa shape index (κ2) is 7.39. The fourth-order valence-corrected chi connectivity index (χ4v) is 3.41. The van der Waals surface area contributed by atoms with E-state index in [-0.39, 0.29) is 12.1 Å². The summed E-state index contributed by atoms with van der Waals surface area (Å²) in [5.41, 5.74) is 3.55. The number of benzene rings is 1. The summed E-state index contributed by atoms with van der Waals surface area (Å²) in [6.45, 7) is 0.753. The fourth-order valence-electron chi connectivity index (χ4n) is 3.41. The van der Waals surface area contributed by atoms with Gasteiger partial charge < -0.3 is 5.32 Å². The fraction of sp³-hybridized carbons (Fsp3) is 0.250. The maximum absolute atomic E-state index is 12.3. The second-order valence-corrected chi connectivity index (χ2v) is 6.45. The molecule has 0 saturated carbocycles. The first-order chi connectivity index (χ1) is 12.8. The lowest BCUT2D eigenvalue weighted by atomic mass is 9.93. The minimum atomic E-state index is -0.239. The van der Waals surface area contributed by atoms with Crippen molar-refractivity contribution in [2.75, 3.05) is 5.32 Å². The molecule has 6 heteroatoms. The summed E-state index contributed by atoms with van der Waals surface area (Å²) >= 11 is 0. The van der Waals surface area contributed by atoms with Crippen molar-refractivity contribution in [1.82, 2.24) is 20.1 Å². The topological polar surface area (TPSA) is 71.8 Å². The van der Waals surface area contributed by atoms with Gasteiger partial charge in [0.25, 0.3) is 0 Å². The molecule has 0 saturated heterocycles. The van der Waals surface area contributed by atoms with Crippen LogP contribution in [0.4, 0.5) is 10.6 Å². The van der Waals surface area contributed by atoms with E-state index < -0.39 is 0 Å². The van der Waals surface area contributed by atoms with Gasteiger partial charge in [-0.2, -0.15) is 5.10 Å². The van der Waals surface area contributed by atoms with Gasteiger partial charge in [0.1, 0.15) is 5.82 Å². The molecule has 0 bridgehead atoms. The summed E-state index contributed by atoms with van der Waals surface area (Å²) in [5, 5.41) is 10.4. The maximum Gasteiger partial charge on any atom is 0.320 e. The Balaban J connectivity index is 1.47. The summed E-state index contributed by atoms with van der Waals surface area (Å²) in [5.74, 6) is 0.542. The van der Waals surface area contributed by atoms with Crippen LogP contribution in [-0.4, -0.2) is 20.8 Å². The first kappa shape index (κ1) is 16.3. The molecule has 132 valence electrons. The molecule has 0 aliphatic heterocycles. The lowest BCUT2D eigenvalue weighted by Crippen LogP contribution is -2.34. The number of nitrogens with one attached hydrogen (secondary N) is 2. The van der Waals surface area contributed by atoms with Crippen LogP contribution in [0.3, 0.4) is 0 Å². The lowest BCUT2D eigenvalue weighted by Gasteiger charge is -2.24. The van der Waals surface area contributed by atoms with Crippen LogP contribution in [0.5, 0.6) is 0 Å². The normalized spacial score (nSPS) is 15.9. The van der Waals surface area contributed by atoms with Crippen LogP contribution in [0.1, 0.15) is 35.7 Å². The first-order valence-corrected chi connectivity index (χ1v) is 8.86. The summed E-state index contributed by atoms with van der Waals surface area (Å²) < 4.78 is 2.05. The molecule has 0 spiro atoms. The second-order valence-electron chi connectivity index (χ2n) is 6.45. The number of fused-ring (bicyclic) bond motifs is 1. The number of aromatic nitrogens is 3. The van der Waals surface area contributed by atoms with Crippen LogP contribution in [0.25, 0.3) is 0 Å². The Morgan fingerprint density at radius 2 is 2.00 bits per heavy atom. The molecule has 2 heterocycles. The van der Waals surface area contributed by atoms with Gasteiger partial charge in [-0.15, -0.1) is 0 Å². The van der Waals surface area contributed by atoms with Crippen molar-refractivity contribution in [1.29, 1.82) is 0 Å². The predicted molar refractivity (Wildman–Crippen MR) is 99.8 cm³/mol. The molecule has 2 amide bonds. The van der Waals surface area contributed by atoms with Gasteiger partial charge in [0.05, 0.1) is 18.8 Å². The molecule has 2 N–H and O–H groups in total. The zero-order valence-electron chi connectivity index (χ0n) is 14.4. The zero-order chi connectivity index (χ0) is 17.8. The minimum absolute atomic E-state index is 0.0213. The average molecular weight is 347 g/mol. The Bertz CT molecular complexity index is 876. The van der Waals surface area contributed by atoms with Gasteiger partial charge in [0.2, 0.25) is 0 Å². The van der Waals surface area contributed by atoms with Crippen molar-refractivity contribution in [2.24, 2.45) is 0 Å². The Labute approximate surface area is 152 Å². The minimum Gasteiger partial charge on any atom is -0.331 e. The molecule has 0 radical (unpaired) electrons. The molecule has 1 unspecified atom stereocenters. The number of anilines is 1. The van der Waals surface area contributed by atoms with Gasteiger partial charge in [0.15, 0.2) is 0 Å². The van der Waals surface area contributed by atoms with Gasteiger partial charge in [-0.1, -0.05) is 36.4 Å². The largest absolute Gasteiger partial charge is 0.331 e. The van der Waals surface area contributed by atoms with Gasteiger partial charge in [-0.25, -0.2) is 9.78 Å². The lowest BCUT2D eigenvalue weighted by molar-refractivity contribution is 0.247. The van der Waals surface area contributed by atoms with Gasteiger partial charge in [-0.3, -0.25) is 10.00 Å². The van der Waals surface area contributed by atoms with Crippen molar-refractivity contribution >= 4 is 11.8 Å². The third kappa shape index (κ3) is 3.59. The highest BCUT2D eigenvalue weighted by molar-refractivity contribution is 5.88. The van der Waals surface area contributed by atoms with Gasteiger partial charge >= 0.3 is 6.03 Å². The number of urea groups is 1. The number of rotatable bonds is 4. The molecular formula is C20H21N5O. The summed E-state index contributed by atoms with van der Waals surface area (Å²) in [7, 11) is 0. The highest BCUT2D eigenvalue weighted by Gasteiger charge is 2.25. The number of carbonyl (C=O) groups excluding carboxylic acids is 1. The summed E-state index contributed by atoms with van der Waals surface area (Å²) in [6.07, 6.45) is 6.48. The van der Waals surface area contributed by atoms with Crippen molar-refractivity contribution in [2.45, 2.75) is 31.8 Å². The third-order valence-electron chi connectivity index (χ3n) is 4.65. The summed E-state index contributed by atoms with van der Waals surface area (Å²) in [4.78, 5) is 16.4. The monoisotopic (exact) mass is 347 g/mol. The van der Waals surface area contributed by atoms with E-state index in [1.54, 1.807) is 12.3 Å². The number of carbonyl (C=O) groups is 1. The van der Waals surface area contributed by atoms with E-state index in [0.717, 1.165) is 31.4 Å². The van der Waals surface area contributed by atoms with E-state index in [4.69, 9.17) is 0 Å². The molecule has 1 atom stereocenters. The first-order valence-electron chi connectivity index (χ1n) is 8.86. The van der Waals surface area contributed by atoms with Crippen LogP contribution in [0.15, 0.2) is 60.9 Å². The van der Waals surface area contributed by atoms with Crippen molar-refractivity contribution in [3.05, 3.63) is 77.7 Å². The van der Waals surface area contributed by atoms with E-state index in [2.05, 4.69) is 37.5 Å². The number of hydrogen-bond acceptors (Lipinski definition) is 3. The molecule has 1 aromatic carbocycles. The van der Waals surface area contributed by atoms with Crippen LogP contribution in [-0.2, 0) is 13.0 Å². The average Bonchev–Trinajstić information content (AvgIpc) is 3.07. The van der Waals surface area contributed by atoms with E-state index in [1.165, 1.54) is 11.3 Å². The standard InChI is InChI=1S/C20H21N5O/c26-20(24-19-11-4-5-12-21-19)23-17-9-6-10-18-16(17)13-22-25(18)14-15-7-2-1-3-8-15/h1-5,7-8,11-13,17H,6,9-10,14H2,(H2,21,23,24,26).